The number of oxime groups is 1. The van der Waals surface area contributed by atoms with Crippen LogP contribution in [0.15, 0.2) is 34.3 Å². The highest BCUT2D eigenvalue weighted by atomic mass is 35.5. The van der Waals surface area contributed by atoms with Gasteiger partial charge in [0.2, 0.25) is 9.84 Å². The monoisotopic (exact) mass is 329 g/mol. The molecule has 0 bridgehead atoms. The third-order valence-electron chi connectivity index (χ3n) is 2.09. The van der Waals surface area contributed by atoms with Gasteiger partial charge in [0.05, 0.1) is 4.90 Å². The van der Waals surface area contributed by atoms with Crippen molar-refractivity contribution in [3.05, 3.63) is 29.3 Å². The molecule has 7 nitrogen and oxygen atoms in total. The Balaban J connectivity index is 3.01. The lowest BCUT2D eigenvalue weighted by Crippen LogP contribution is -2.30. The number of nitriles is 1. The van der Waals surface area contributed by atoms with E-state index in [4.69, 9.17) is 16.9 Å². The Kier molecular flexibility index (Phi) is 5.69. The quantitative estimate of drug-likeness (QED) is 0.395. The maximum Gasteiger partial charge on any atom is 0.433 e. The molecule has 0 unspecified atom stereocenters. The van der Waals surface area contributed by atoms with Crippen molar-refractivity contribution in [2.75, 3.05) is 0 Å². The summed E-state index contributed by atoms with van der Waals surface area (Å²) < 4.78 is 24.2. The van der Waals surface area contributed by atoms with Gasteiger partial charge in [-0.05, 0) is 43.3 Å². The number of carbonyl (C=O) groups excluding carboxylic acids is 1. The lowest BCUT2D eigenvalue weighted by molar-refractivity contribution is 0.148. The predicted molar refractivity (Wildman–Crippen MR) is 76.4 cm³/mol. The third kappa shape index (κ3) is 4.73. The molecule has 0 atom stereocenters. The smallest absolute Gasteiger partial charge is 0.317 e. The van der Waals surface area contributed by atoms with E-state index >= 15 is 0 Å². The van der Waals surface area contributed by atoms with Crippen LogP contribution in [0.2, 0.25) is 5.02 Å². The Morgan fingerprint density at radius 2 is 1.95 bits per heavy atom. The summed E-state index contributed by atoms with van der Waals surface area (Å²) in [6, 6.07) is 6.33. The van der Waals surface area contributed by atoms with Crippen molar-refractivity contribution in [3.63, 3.8) is 0 Å². The molecule has 0 aromatic heterocycles. The highest BCUT2D eigenvalue weighted by molar-refractivity contribution is 8.07. The highest BCUT2D eigenvalue weighted by Crippen LogP contribution is 2.16. The second-order valence-corrected chi connectivity index (χ2v) is 6.44. The van der Waals surface area contributed by atoms with E-state index in [1.807, 2.05) is 0 Å². The van der Waals surface area contributed by atoms with Crippen LogP contribution in [0.25, 0.3) is 0 Å². The van der Waals surface area contributed by atoms with Gasteiger partial charge in [-0.2, -0.15) is 5.26 Å². The summed E-state index contributed by atoms with van der Waals surface area (Å²) >= 11 is 5.66. The molecule has 1 amide bonds. The molecule has 112 valence electrons. The van der Waals surface area contributed by atoms with Crippen LogP contribution in [-0.4, -0.2) is 25.6 Å². The summed E-state index contributed by atoms with van der Waals surface area (Å²) in [5.41, 5.74) is 0. The Labute approximate surface area is 127 Å². The van der Waals surface area contributed by atoms with E-state index in [-0.39, 0.29) is 10.9 Å². The fourth-order valence-electron chi connectivity index (χ4n) is 1.20. The molecule has 1 N–H and O–H groups in total. The Morgan fingerprint density at radius 3 is 2.43 bits per heavy atom. The summed E-state index contributed by atoms with van der Waals surface area (Å²) in [4.78, 5) is 15.4. The van der Waals surface area contributed by atoms with Crippen LogP contribution in [0.4, 0.5) is 4.79 Å². The number of hydrogen-bond donors (Lipinski definition) is 1. The standard InChI is InChI=1S/C12H12ClN3O4S/c1-8(2)15-12(17)20-16-11(7-14)21(18,19)10-5-3-9(13)4-6-10/h3-6,8H,1-2H3,(H,15,17)/b16-11-. The molecule has 0 spiro atoms. The maximum absolute atomic E-state index is 12.1. The van der Waals surface area contributed by atoms with E-state index < -0.39 is 21.0 Å². The largest absolute Gasteiger partial charge is 0.433 e. The minimum atomic E-state index is -4.17. The molecule has 0 heterocycles. The molecule has 0 radical (unpaired) electrons. The molecular formula is C12H12ClN3O4S. The van der Waals surface area contributed by atoms with Gasteiger partial charge in [0.15, 0.2) is 0 Å². The summed E-state index contributed by atoms with van der Waals surface area (Å²) in [5, 5.41) is 13.7. The van der Waals surface area contributed by atoms with Crippen molar-refractivity contribution in [2.24, 2.45) is 5.16 Å². The third-order valence-corrected chi connectivity index (χ3v) is 3.91. The fourth-order valence-corrected chi connectivity index (χ4v) is 2.30. The van der Waals surface area contributed by atoms with E-state index in [1.165, 1.54) is 30.3 Å². The Morgan fingerprint density at radius 1 is 1.38 bits per heavy atom. The number of amides is 1. The van der Waals surface area contributed by atoms with Gasteiger partial charge in [0.1, 0.15) is 6.07 Å². The van der Waals surface area contributed by atoms with Gasteiger partial charge in [-0.1, -0.05) is 11.6 Å². The second kappa shape index (κ2) is 7.06. The average Bonchev–Trinajstić information content (AvgIpc) is 2.38. The van der Waals surface area contributed by atoms with Gasteiger partial charge in [0.25, 0.3) is 5.04 Å². The van der Waals surface area contributed by atoms with E-state index in [9.17, 15) is 13.2 Å². The van der Waals surface area contributed by atoms with Gasteiger partial charge >= 0.3 is 6.09 Å². The number of nitrogens with zero attached hydrogens (tertiary/aromatic N) is 2. The summed E-state index contributed by atoms with van der Waals surface area (Å²) in [5.74, 6) is 0. The first-order valence-electron chi connectivity index (χ1n) is 5.73. The molecule has 1 rings (SSSR count). The van der Waals surface area contributed by atoms with Crippen molar-refractivity contribution in [1.82, 2.24) is 5.32 Å². The van der Waals surface area contributed by atoms with E-state index in [0.717, 1.165) is 0 Å². The first kappa shape index (κ1) is 16.9. The molecule has 0 aliphatic rings. The topological polar surface area (TPSA) is 109 Å². The van der Waals surface area contributed by atoms with Crippen LogP contribution in [0, 0.1) is 11.3 Å². The molecule has 1 aromatic carbocycles. The number of carbonyl (C=O) groups is 1. The zero-order valence-electron chi connectivity index (χ0n) is 11.2. The SMILES string of the molecule is CC(C)NC(=O)O/N=C(/C#N)S(=O)(=O)c1ccc(Cl)cc1. The van der Waals surface area contributed by atoms with Gasteiger partial charge < -0.3 is 5.32 Å². The van der Waals surface area contributed by atoms with Gasteiger partial charge in [-0.3, -0.25) is 4.84 Å². The number of halogens is 1. The Hall–Kier alpha value is -2.11. The van der Waals surface area contributed by atoms with Gasteiger partial charge in [-0.25, -0.2) is 13.2 Å². The van der Waals surface area contributed by atoms with Crippen LogP contribution in [-0.2, 0) is 14.7 Å². The first-order chi connectivity index (χ1) is 9.77. The number of sulfone groups is 1. The fraction of sp³-hybridized carbons (Fsp3) is 0.250. The number of nitrogens with one attached hydrogen (secondary N) is 1. The maximum atomic E-state index is 12.1. The zero-order valence-corrected chi connectivity index (χ0v) is 12.8. The van der Waals surface area contributed by atoms with Crippen LogP contribution in [0.1, 0.15) is 13.8 Å². The van der Waals surface area contributed by atoms with Crippen molar-refractivity contribution in [3.8, 4) is 6.07 Å². The van der Waals surface area contributed by atoms with Gasteiger partial charge in [-0.15, -0.1) is 0 Å². The first-order valence-corrected chi connectivity index (χ1v) is 7.59. The molecule has 0 saturated heterocycles. The van der Waals surface area contributed by atoms with Crippen molar-refractivity contribution in [2.45, 2.75) is 24.8 Å². The molecule has 0 aliphatic heterocycles. The summed E-state index contributed by atoms with van der Waals surface area (Å²) in [7, 11) is -4.17. The average molecular weight is 330 g/mol. The van der Waals surface area contributed by atoms with Gasteiger partial charge in [0, 0.05) is 11.1 Å². The lowest BCUT2D eigenvalue weighted by atomic mass is 10.4. The molecular weight excluding hydrogens is 318 g/mol. The minimum Gasteiger partial charge on any atom is -0.317 e. The van der Waals surface area contributed by atoms with E-state index in [1.54, 1.807) is 13.8 Å². The lowest BCUT2D eigenvalue weighted by Gasteiger charge is -2.05. The number of hydrogen-bond acceptors (Lipinski definition) is 6. The number of rotatable bonds is 3. The molecule has 0 aliphatic carbocycles. The highest BCUT2D eigenvalue weighted by Gasteiger charge is 2.24. The van der Waals surface area contributed by atoms with Crippen molar-refractivity contribution in [1.29, 1.82) is 5.26 Å². The normalized spacial score (nSPS) is 11.9. The van der Waals surface area contributed by atoms with Crippen molar-refractivity contribution >= 4 is 32.6 Å². The van der Waals surface area contributed by atoms with Crippen LogP contribution >= 0.6 is 11.6 Å². The zero-order chi connectivity index (χ0) is 16.0. The molecule has 1 aromatic rings. The molecule has 21 heavy (non-hydrogen) atoms. The van der Waals surface area contributed by atoms with Crippen LogP contribution in [0.5, 0.6) is 0 Å². The van der Waals surface area contributed by atoms with Crippen LogP contribution in [0.3, 0.4) is 0 Å². The van der Waals surface area contributed by atoms with E-state index in [0.29, 0.717) is 5.02 Å². The number of benzene rings is 1. The molecule has 0 saturated carbocycles. The van der Waals surface area contributed by atoms with Crippen molar-refractivity contribution < 1.29 is 18.0 Å². The van der Waals surface area contributed by atoms with Crippen LogP contribution < -0.4 is 5.32 Å². The minimum absolute atomic E-state index is 0.180. The Bertz CT molecular complexity index is 690. The second-order valence-electron chi connectivity index (χ2n) is 4.14. The predicted octanol–water partition coefficient (Wildman–Crippen LogP) is 2.09. The molecule has 9 heteroatoms. The van der Waals surface area contributed by atoms with E-state index in [2.05, 4.69) is 15.3 Å². The summed E-state index contributed by atoms with van der Waals surface area (Å²) in [6.07, 6.45) is -0.955. The summed E-state index contributed by atoms with van der Waals surface area (Å²) in [6.45, 7) is 3.36. The molecule has 0 fully saturated rings.